The summed E-state index contributed by atoms with van der Waals surface area (Å²) in [6, 6.07) is 4.65. The van der Waals surface area contributed by atoms with Crippen LogP contribution >= 0.6 is 15.9 Å². The topological polar surface area (TPSA) is 42.7 Å². The highest BCUT2D eigenvalue weighted by Gasteiger charge is 2.20. The zero-order valence-electron chi connectivity index (χ0n) is 10.2. The molecular weight excluding hydrogens is 299 g/mol. The largest absolute Gasteiger partial charge is 0.305 e. The van der Waals surface area contributed by atoms with Crippen LogP contribution in [0.2, 0.25) is 0 Å². The second kappa shape index (κ2) is 5.58. The number of aromatic nitrogens is 3. The molecule has 0 aliphatic rings. The van der Waals surface area contributed by atoms with Gasteiger partial charge >= 0.3 is 0 Å². The molecular formula is C12H14BrFN4. The molecule has 2 aromatic rings. The summed E-state index contributed by atoms with van der Waals surface area (Å²) in [6.07, 6.45) is 1.65. The minimum Gasteiger partial charge on any atom is -0.305 e. The SMILES string of the molecule is CCNC(c1cc(Br)ccc1F)c1cnnn1C. The lowest BCUT2D eigenvalue weighted by molar-refractivity contribution is 0.530. The number of hydrogen-bond acceptors (Lipinski definition) is 3. The first-order chi connectivity index (χ1) is 8.63. The number of hydrogen-bond donors (Lipinski definition) is 1. The standard InChI is InChI=1S/C12H14BrFN4/c1-3-15-12(11-7-16-17-18(11)2)9-6-8(13)4-5-10(9)14/h4-7,12,15H,3H2,1-2H3. The van der Waals surface area contributed by atoms with Gasteiger partial charge in [-0.2, -0.15) is 0 Å². The molecule has 0 aliphatic heterocycles. The van der Waals surface area contributed by atoms with E-state index in [1.54, 1.807) is 30.1 Å². The maximum absolute atomic E-state index is 14.0. The minimum atomic E-state index is -0.257. The van der Waals surface area contributed by atoms with E-state index in [-0.39, 0.29) is 11.9 Å². The summed E-state index contributed by atoms with van der Waals surface area (Å²) in [4.78, 5) is 0. The number of rotatable bonds is 4. The van der Waals surface area contributed by atoms with Crippen LogP contribution < -0.4 is 5.32 Å². The van der Waals surface area contributed by atoms with Crippen LogP contribution in [0.15, 0.2) is 28.9 Å². The molecule has 0 bridgehead atoms. The highest BCUT2D eigenvalue weighted by atomic mass is 79.9. The van der Waals surface area contributed by atoms with Crippen molar-refractivity contribution >= 4 is 15.9 Å². The van der Waals surface area contributed by atoms with E-state index < -0.39 is 0 Å². The van der Waals surface area contributed by atoms with E-state index in [1.807, 2.05) is 6.92 Å². The van der Waals surface area contributed by atoms with Gasteiger partial charge in [0.05, 0.1) is 17.9 Å². The normalized spacial score (nSPS) is 12.7. The molecule has 1 aromatic heterocycles. The summed E-state index contributed by atoms with van der Waals surface area (Å²) in [6.45, 7) is 2.70. The van der Waals surface area contributed by atoms with E-state index in [2.05, 4.69) is 31.6 Å². The molecule has 1 atom stereocenters. The Morgan fingerprint density at radius 1 is 1.50 bits per heavy atom. The van der Waals surface area contributed by atoms with Crippen LogP contribution in [0.5, 0.6) is 0 Å². The summed E-state index contributed by atoms with van der Waals surface area (Å²) < 4.78 is 16.4. The first kappa shape index (κ1) is 13.2. The van der Waals surface area contributed by atoms with Crippen LogP contribution in [0.1, 0.15) is 24.2 Å². The van der Waals surface area contributed by atoms with Crippen molar-refractivity contribution in [3.8, 4) is 0 Å². The van der Waals surface area contributed by atoms with Gasteiger partial charge in [-0.1, -0.05) is 28.1 Å². The molecule has 0 radical (unpaired) electrons. The fourth-order valence-electron chi connectivity index (χ4n) is 1.87. The fourth-order valence-corrected chi connectivity index (χ4v) is 2.25. The summed E-state index contributed by atoms with van der Waals surface area (Å²) in [5.74, 6) is -0.245. The highest BCUT2D eigenvalue weighted by molar-refractivity contribution is 9.10. The lowest BCUT2D eigenvalue weighted by atomic mass is 10.0. The molecule has 0 fully saturated rings. The molecule has 96 valence electrons. The van der Waals surface area contributed by atoms with Crippen molar-refractivity contribution in [1.82, 2.24) is 20.3 Å². The van der Waals surface area contributed by atoms with Crippen molar-refractivity contribution in [1.29, 1.82) is 0 Å². The Hall–Kier alpha value is -1.27. The fraction of sp³-hybridized carbons (Fsp3) is 0.333. The van der Waals surface area contributed by atoms with Crippen molar-refractivity contribution in [2.75, 3.05) is 6.54 Å². The molecule has 0 saturated heterocycles. The smallest absolute Gasteiger partial charge is 0.128 e. The molecule has 1 heterocycles. The number of benzene rings is 1. The second-order valence-corrected chi connectivity index (χ2v) is 4.85. The lowest BCUT2D eigenvalue weighted by Gasteiger charge is -2.18. The Labute approximate surface area is 113 Å². The number of nitrogens with zero attached hydrogens (tertiary/aromatic N) is 3. The Morgan fingerprint density at radius 3 is 2.89 bits per heavy atom. The van der Waals surface area contributed by atoms with Gasteiger partial charge in [0.1, 0.15) is 5.82 Å². The summed E-state index contributed by atoms with van der Waals surface area (Å²) in [5, 5.41) is 11.0. The van der Waals surface area contributed by atoms with E-state index in [4.69, 9.17) is 0 Å². The van der Waals surface area contributed by atoms with Gasteiger partial charge in [-0.25, -0.2) is 4.39 Å². The Kier molecular flexibility index (Phi) is 4.08. The van der Waals surface area contributed by atoms with Crippen LogP contribution in [-0.2, 0) is 7.05 Å². The molecule has 4 nitrogen and oxygen atoms in total. The molecule has 1 aromatic carbocycles. The molecule has 0 spiro atoms. The van der Waals surface area contributed by atoms with E-state index >= 15 is 0 Å². The molecule has 0 saturated carbocycles. The van der Waals surface area contributed by atoms with Gasteiger partial charge in [-0.3, -0.25) is 4.68 Å². The van der Waals surface area contributed by atoms with Crippen LogP contribution in [0.3, 0.4) is 0 Å². The highest BCUT2D eigenvalue weighted by Crippen LogP contribution is 2.26. The Bertz CT molecular complexity index is 541. The van der Waals surface area contributed by atoms with Gasteiger partial charge in [-0.05, 0) is 24.7 Å². The Balaban J connectivity index is 2.48. The minimum absolute atomic E-state index is 0.245. The average Bonchev–Trinajstić information content (AvgIpc) is 2.76. The zero-order chi connectivity index (χ0) is 13.1. The van der Waals surface area contributed by atoms with Crippen molar-refractivity contribution in [2.24, 2.45) is 7.05 Å². The molecule has 0 amide bonds. The summed E-state index contributed by atoms with van der Waals surface area (Å²) in [5.41, 5.74) is 1.41. The van der Waals surface area contributed by atoms with Crippen molar-refractivity contribution in [3.63, 3.8) is 0 Å². The maximum atomic E-state index is 14.0. The monoisotopic (exact) mass is 312 g/mol. The van der Waals surface area contributed by atoms with Crippen molar-refractivity contribution in [2.45, 2.75) is 13.0 Å². The summed E-state index contributed by atoms with van der Waals surface area (Å²) in [7, 11) is 1.79. The van der Waals surface area contributed by atoms with E-state index in [0.29, 0.717) is 5.56 Å². The van der Waals surface area contributed by atoms with Gasteiger partial charge in [0, 0.05) is 17.1 Å². The number of nitrogens with one attached hydrogen (secondary N) is 1. The molecule has 18 heavy (non-hydrogen) atoms. The molecule has 6 heteroatoms. The Morgan fingerprint density at radius 2 is 2.28 bits per heavy atom. The quantitative estimate of drug-likeness (QED) is 0.943. The maximum Gasteiger partial charge on any atom is 0.128 e. The van der Waals surface area contributed by atoms with E-state index in [1.165, 1.54) is 6.07 Å². The second-order valence-electron chi connectivity index (χ2n) is 3.94. The van der Waals surface area contributed by atoms with Gasteiger partial charge in [0.25, 0.3) is 0 Å². The van der Waals surface area contributed by atoms with Crippen LogP contribution in [0, 0.1) is 5.82 Å². The van der Waals surface area contributed by atoms with Crippen LogP contribution in [0.4, 0.5) is 4.39 Å². The van der Waals surface area contributed by atoms with E-state index in [9.17, 15) is 4.39 Å². The number of aryl methyl sites for hydroxylation is 1. The average molecular weight is 313 g/mol. The predicted molar refractivity (Wildman–Crippen MR) is 70.6 cm³/mol. The molecule has 2 rings (SSSR count). The van der Waals surface area contributed by atoms with Crippen LogP contribution in [-0.4, -0.2) is 21.5 Å². The van der Waals surface area contributed by atoms with E-state index in [0.717, 1.165) is 16.7 Å². The molecule has 1 unspecified atom stereocenters. The third-order valence-electron chi connectivity index (χ3n) is 2.72. The van der Waals surface area contributed by atoms with Gasteiger partial charge in [-0.15, -0.1) is 5.10 Å². The van der Waals surface area contributed by atoms with Crippen molar-refractivity contribution < 1.29 is 4.39 Å². The third-order valence-corrected chi connectivity index (χ3v) is 3.22. The predicted octanol–water partition coefficient (Wildman–Crippen LogP) is 2.42. The van der Waals surface area contributed by atoms with Crippen molar-refractivity contribution in [3.05, 3.63) is 45.9 Å². The third kappa shape index (κ3) is 2.59. The molecule has 0 aliphatic carbocycles. The van der Waals surface area contributed by atoms with Gasteiger partial charge in [0.15, 0.2) is 0 Å². The zero-order valence-corrected chi connectivity index (χ0v) is 11.8. The first-order valence-corrected chi connectivity index (χ1v) is 6.45. The lowest BCUT2D eigenvalue weighted by Crippen LogP contribution is -2.25. The summed E-state index contributed by atoms with van der Waals surface area (Å²) >= 11 is 3.37. The van der Waals surface area contributed by atoms with Gasteiger partial charge < -0.3 is 5.32 Å². The van der Waals surface area contributed by atoms with Crippen LogP contribution in [0.25, 0.3) is 0 Å². The molecule has 1 N–H and O–H groups in total. The van der Waals surface area contributed by atoms with Gasteiger partial charge in [0.2, 0.25) is 0 Å². The number of halogens is 2. The first-order valence-electron chi connectivity index (χ1n) is 5.66.